The van der Waals surface area contributed by atoms with Gasteiger partial charge in [-0.15, -0.1) is 0 Å². The number of hydrogen-bond donors (Lipinski definition) is 0. The molecule has 2 unspecified atom stereocenters. The van der Waals surface area contributed by atoms with E-state index in [4.69, 9.17) is 0 Å². The minimum absolute atomic E-state index is 0.0488. The van der Waals surface area contributed by atoms with Crippen molar-refractivity contribution in [2.45, 2.75) is 18.8 Å². The lowest BCUT2D eigenvalue weighted by Gasteiger charge is -2.36. The predicted octanol–water partition coefficient (Wildman–Crippen LogP) is 6.28. The molecule has 0 heteroatoms. The molecule has 0 aromatic heterocycles. The molecule has 3 aliphatic rings. The van der Waals surface area contributed by atoms with Gasteiger partial charge in [0.05, 0.1) is 5.41 Å². The Labute approximate surface area is 154 Å². The van der Waals surface area contributed by atoms with E-state index in [1.165, 1.54) is 44.5 Å². The van der Waals surface area contributed by atoms with Crippen molar-refractivity contribution in [1.29, 1.82) is 0 Å². The van der Waals surface area contributed by atoms with E-state index in [1.807, 2.05) is 0 Å². The fourth-order valence-electron chi connectivity index (χ4n) is 5.68. The lowest BCUT2D eigenvalue weighted by molar-refractivity contribution is 0.494. The SMILES string of the molecule is Cc1ccc2c(c1)-c1ccccc1C21c2ccccc2C2=CC=CCC21. The van der Waals surface area contributed by atoms with Gasteiger partial charge in [-0.25, -0.2) is 0 Å². The normalized spacial score (nSPS) is 24.0. The molecular weight excluding hydrogens is 312 g/mol. The Bertz CT molecular complexity index is 1130. The van der Waals surface area contributed by atoms with E-state index < -0.39 is 0 Å². The summed E-state index contributed by atoms with van der Waals surface area (Å²) >= 11 is 0. The maximum atomic E-state index is 2.39. The minimum atomic E-state index is -0.0488. The summed E-state index contributed by atoms with van der Waals surface area (Å²) in [7, 11) is 0. The Balaban J connectivity index is 1.81. The average Bonchev–Trinajstić information content (AvgIpc) is 3.15. The highest BCUT2D eigenvalue weighted by atomic mass is 14.6. The number of benzene rings is 3. The molecule has 3 aromatic carbocycles. The first-order chi connectivity index (χ1) is 12.8. The van der Waals surface area contributed by atoms with Crippen molar-refractivity contribution < 1.29 is 0 Å². The Morgan fingerprint density at radius 2 is 1.46 bits per heavy atom. The maximum absolute atomic E-state index is 2.39. The summed E-state index contributed by atoms with van der Waals surface area (Å²) in [4.78, 5) is 0. The molecule has 0 saturated heterocycles. The maximum Gasteiger partial charge on any atom is 0.0541 e. The molecule has 0 heterocycles. The molecule has 0 nitrogen and oxygen atoms in total. The lowest BCUT2D eigenvalue weighted by atomic mass is 9.65. The standard InChI is InChI=1S/C26H20/c1-17-14-15-25-21(16-17)20-10-4-7-13-24(20)26(25)22-11-5-2-8-18(22)19-9-3-6-12-23(19)26/h2-11,13-16,23H,12H2,1H3. The third-order valence-electron chi connectivity index (χ3n) is 6.59. The van der Waals surface area contributed by atoms with E-state index in [2.05, 4.69) is 91.9 Å². The molecule has 3 aromatic rings. The Morgan fingerprint density at radius 3 is 2.31 bits per heavy atom. The Morgan fingerprint density at radius 1 is 0.769 bits per heavy atom. The van der Waals surface area contributed by atoms with Crippen molar-refractivity contribution in [1.82, 2.24) is 0 Å². The highest BCUT2D eigenvalue weighted by Gasteiger charge is 2.55. The summed E-state index contributed by atoms with van der Waals surface area (Å²) in [6, 6.07) is 25.2. The molecule has 26 heavy (non-hydrogen) atoms. The van der Waals surface area contributed by atoms with E-state index in [1.54, 1.807) is 0 Å². The minimum Gasteiger partial charge on any atom is -0.0839 e. The van der Waals surface area contributed by atoms with Crippen LogP contribution < -0.4 is 0 Å². The third kappa shape index (κ3) is 1.52. The van der Waals surface area contributed by atoms with E-state index in [-0.39, 0.29) is 5.41 Å². The molecule has 0 fully saturated rings. The van der Waals surface area contributed by atoms with Crippen LogP contribution in [-0.4, -0.2) is 0 Å². The molecule has 3 aliphatic carbocycles. The van der Waals surface area contributed by atoms with Gasteiger partial charge in [-0.3, -0.25) is 0 Å². The van der Waals surface area contributed by atoms with Crippen molar-refractivity contribution in [3.63, 3.8) is 0 Å². The second-order valence-corrected chi connectivity index (χ2v) is 7.79. The first-order valence-corrected chi connectivity index (χ1v) is 9.49. The van der Waals surface area contributed by atoms with Gasteiger partial charge in [-0.05, 0) is 52.3 Å². The van der Waals surface area contributed by atoms with Crippen LogP contribution in [0.2, 0.25) is 0 Å². The second-order valence-electron chi connectivity index (χ2n) is 7.79. The number of hydrogen-bond acceptors (Lipinski definition) is 0. The number of rotatable bonds is 0. The quantitative estimate of drug-likeness (QED) is 0.454. The van der Waals surface area contributed by atoms with Crippen LogP contribution >= 0.6 is 0 Å². The molecule has 1 spiro atoms. The summed E-state index contributed by atoms with van der Waals surface area (Å²) < 4.78 is 0. The number of allylic oxidation sites excluding steroid dienone is 4. The molecule has 6 rings (SSSR count). The molecule has 0 aliphatic heterocycles. The van der Waals surface area contributed by atoms with Crippen molar-refractivity contribution >= 4 is 5.57 Å². The van der Waals surface area contributed by atoms with Crippen LogP contribution in [0.15, 0.2) is 85.0 Å². The van der Waals surface area contributed by atoms with Crippen molar-refractivity contribution in [3.05, 3.63) is 113 Å². The lowest BCUT2D eigenvalue weighted by Crippen LogP contribution is -2.32. The number of aryl methyl sites for hydroxylation is 1. The zero-order chi connectivity index (χ0) is 17.3. The summed E-state index contributed by atoms with van der Waals surface area (Å²) in [6.07, 6.45) is 8.02. The molecule has 124 valence electrons. The average molecular weight is 332 g/mol. The molecule has 0 saturated carbocycles. The summed E-state index contributed by atoms with van der Waals surface area (Å²) in [5.74, 6) is 0.481. The fraction of sp³-hybridized carbons (Fsp3) is 0.154. The van der Waals surface area contributed by atoms with E-state index in [0.717, 1.165) is 6.42 Å². The first kappa shape index (κ1) is 14.3. The zero-order valence-corrected chi connectivity index (χ0v) is 14.9. The van der Waals surface area contributed by atoms with Gasteiger partial charge in [0.1, 0.15) is 0 Å². The van der Waals surface area contributed by atoms with Gasteiger partial charge < -0.3 is 0 Å². The van der Waals surface area contributed by atoms with Crippen LogP contribution in [0.3, 0.4) is 0 Å². The van der Waals surface area contributed by atoms with Gasteiger partial charge in [0.15, 0.2) is 0 Å². The molecule has 0 N–H and O–H groups in total. The van der Waals surface area contributed by atoms with Crippen LogP contribution in [0.25, 0.3) is 16.7 Å². The van der Waals surface area contributed by atoms with Crippen LogP contribution in [0.1, 0.15) is 34.2 Å². The van der Waals surface area contributed by atoms with Crippen LogP contribution in [0, 0.1) is 12.8 Å². The number of fused-ring (bicyclic) bond motifs is 10. The van der Waals surface area contributed by atoms with Gasteiger partial charge in [0.25, 0.3) is 0 Å². The summed E-state index contributed by atoms with van der Waals surface area (Å²) in [5, 5.41) is 0. The zero-order valence-electron chi connectivity index (χ0n) is 14.9. The fourth-order valence-corrected chi connectivity index (χ4v) is 5.68. The van der Waals surface area contributed by atoms with Gasteiger partial charge in [-0.2, -0.15) is 0 Å². The van der Waals surface area contributed by atoms with Crippen LogP contribution in [0.5, 0.6) is 0 Å². The predicted molar refractivity (Wildman–Crippen MR) is 108 cm³/mol. The van der Waals surface area contributed by atoms with Crippen molar-refractivity contribution in [2.75, 3.05) is 0 Å². The summed E-state index contributed by atoms with van der Waals surface area (Å²) in [5.41, 5.74) is 11.5. The van der Waals surface area contributed by atoms with Gasteiger partial charge >= 0.3 is 0 Å². The molecule has 2 atom stereocenters. The highest BCUT2D eigenvalue weighted by Crippen LogP contribution is 2.65. The van der Waals surface area contributed by atoms with Gasteiger partial charge in [0.2, 0.25) is 0 Å². The van der Waals surface area contributed by atoms with Crippen LogP contribution in [-0.2, 0) is 5.41 Å². The third-order valence-corrected chi connectivity index (χ3v) is 6.59. The van der Waals surface area contributed by atoms with Crippen molar-refractivity contribution in [2.24, 2.45) is 5.92 Å². The van der Waals surface area contributed by atoms with E-state index in [9.17, 15) is 0 Å². The van der Waals surface area contributed by atoms with E-state index in [0.29, 0.717) is 5.92 Å². The van der Waals surface area contributed by atoms with Crippen molar-refractivity contribution in [3.8, 4) is 11.1 Å². The first-order valence-electron chi connectivity index (χ1n) is 9.49. The molecule has 0 amide bonds. The van der Waals surface area contributed by atoms with Gasteiger partial charge in [-0.1, -0.05) is 90.5 Å². The van der Waals surface area contributed by atoms with Crippen LogP contribution in [0.4, 0.5) is 0 Å². The topological polar surface area (TPSA) is 0 Å². The largest absolute Gasteiger partial charge is 0.0839 e. The van der Waals surface area contributed by atoms with Gasteiger partial charge in [0, 0.05) is 5.92 Å². The molecule has 0 bridgehead atoms. The van der Waals surface area contributed by atoms with E-state index >= 15 is 0 Å². The molecular formula is C26H20. The summed E-state index contributed by atoms with van der Waals surface area (Å²) in [6.45, 7) is 2.20. The Hall–Kier alpha value is -2.86. The monoisotopic (exact) mass is 332 g/mol. The smallest absolute Gasteiger partial charge is 0.0541 e. The molecule has 0 radical (unpaired) electrons. The highest BCUT2D eigenvalue weighted by molar-refractivity contribution is 5.92. The second kappa shape index (κ2) is 4.86. The Kier molecular flexibility index (Phi) is 2.68.